The van der Waals surface area contributed by atoms with E-state index in [4.69, 9.17) is 20.6 Å². The van der Waals surface area contributed by atoms with Gasteiger partial charge < -0.3 is 14.2 Å². The Morgan fingerprint density at radius 2 is 1.96 bits per heavy atom. The van der Waals surface area contributed by atoms with Crippen LogP contribution in [0.15, 0.2) is 0 Å². The summed E-state index contributed by atoms with van der Waals surface area (Å²) in [5.41, 5.74) is 0. The molecular weight excluding hydrogens is 508 g/mol. The maximum Gasteiger partial charge on any atom is 0.302 e. The number of alkyl halides is 3. The molecule has 8 atom stereocenters. The van der Waals surface area contributed by atoms with Crippen molar-refractivity contribution in [2.75, 3.05) is 0 Å². The molecular formula is C17H23Br3O4. The molecule has 0 amide bonds. The van der Waals surface area contributed by atoms with Gasteiger partial charge in [-0.2, -0.15) is 0 Å². The summed E-state index contributed by atoms with van der Waals surface area (Å²) < 4.78 is 17.7. The highest BCUT2D eigenvalue weighted by Crippen LogP contribution is 2.38. The lowest BCUT2D eigenvalue weighted by molar-refractivity contribution is -0.150. The molecule has 2 saturated heterocycles. The van der Waals surface area contributed by atoms with Gasteiger partial charge in [0.05, 0.1) is 24.4 Å². The number of carbonyl (C=O) groups excluding carboxylic acids is 1. The van der Waals surface area contributed by atoms with Crippen LogP contribution in [0.1, 0.15) is 39.5 Å². The molecule has 24 heavy (non-hydrogen) atoms. The van der Waals surface area contributed by atoms with Crippen molar-refractivity contribution < 1.29 is 19.0 Å². The summed E-state index contributed by atoms with van der Waals surface area (Å²) in [6, 6.07) is 0. The van der Waals surface area contributed by atoms with Crippen molar-refractivity contribution >= 4 is 53.8 Å². The number of ether oxygens (including phenoxy) is 3. The molecule has 2 aliphatic heterocycles. The fourth-order valence-corrected chi connectivity index (χ4v) is 4.65. The first-order valence-corrected chi connectivity index (χ1v) is 11.0. The third-order valence-electron chi connectivity index (χ3n) is 4.50. The fraction of sp³-hybridized carbons (Fsp3) is 0.824. The Balaban J connectivity index is 2.00. The van der Waals surface area contributed by atoms with E-state index in [2.05, 4.69) is 60.6 Å². The maximum atomic E-state index is 11.4. The van der Waals surface area contributed by atoms with Gasteiger partial charge in [0.15, 0.2) is 0 Å². The number of hydrogen-bond acceptors (Lipinski definition) is 4. The predicted octanol–water partition coefficient (Wildman–Crippen LogP) is 3.96. The smallest absolute Gasteiger partial charge is 0.302 e. The minimum absolute atomic E-state index is 0.0306. The van der Waals surface area contributed by atoms with Gasteiger partial charge in [0.2, 0.25) is 0 Å². The van der Waals surface area contributed by atoms with Gasteiger partial charge in [-0.3, -0.25) is 4.79 Å². The van der Waals surface area contributed by atoms with Gasteiger partial charge in [-0.25, -0.2) is 0 Å². The van der Waals surface area contributed by atoms with E-state index in [1.54, 1.807) is 0 Å². The van der Waals surface area contributed by atoms with Crippen LogP contribution >= 0.6 is 47.8 Å². The zero-order chi connectivity index (χ0) is 17.9. The number of halogens is 3. The molecule has 0 N–H and O–H groups in total. The molecule has 0 radical (unpaired) electrons. The monoisotopic (exact) mass is 528 g/mol. The Kier molecular flexibility index (Phi) is 8.07. The third-order valence-corrected chi connectivity index (χ3v) is 7.55. The van der Waals surface area contributed by atoms with Crippen LogP contribution in [0.3, 0.4) is 0 Å². The molecule has 7 heteroatoms. The van der Waals surface area contributed by atoms with Crippen molar-refractivity contribution in [1.29, 1.82) is 0 Å². The number of carbonyl (C=O) groups is 1. The van der Waals surface area contributed by atoms with E-state index < -0.39 is 0 Å². The number of hydrogen-bond donors (Lipinski definition) is 0. The van der Waals surface area contributed by atoms with Crippen LogP contribution in [0.5, 0.6) is 0 Å². The molecule has 0 spiro atoms. The lowest BCUT2D eigenvalue weighted by Crippen LogP contribution is -2.32. The highest BCUT2D eigenvalue weighted by Gasteiger charge is 2.44. The molecule has 136 valence electrons. The fourth-order valence-electron chi connectivity index (χ4n) is 3.26. The molecule has 0 aliphatic carbocycles. The molecule has 0 aromatic rings. The van der Waals surface area contributed by atoms with E-state index in [0.717, 1.165) is 12.8 Å². The minimum Gasteiger partial charge on any atom is -0.460 e. The summed E-state index contributed by atoms with van der Waals surface area (Å²) >= 11 is 10.8. The number of terminal acetylenes is 1. The molecule has 2 rings (SSSR count). The van der Waals surface area contributed by atoms with Crippen molar-refractivity contribution in [2.24, 2.45) is 0 Å². The summed E-state index contributed by atoms with van der Waals surface area (Å²) in [4.78, 5) is 11.8. The van der Waals surface area contributed by atoms with Crippen molar-refractivity contribution in [1.82, 2.24) is 0 Å². The summed E-state index contributed by atoms with van der Waals surface area (Å²) in [5.74, 6) is 2.34. The zero-order valence-corrected chi connectivity index (χ0v) is 18.5. The van der Waals surface area contributed by atoms with Crippen LogP contribution in [0, 0.1) is 12.3 Å². The van der Waals surface area contributed by atoms with Crippen molar-refractivity contribution in [3.8, 4) is 12.3 Å². The van der Waals surface area contributed by atoms with Crippen LogP contribution in [0.4, 0.5) is 0 Å². The van der Waals surface area contributed by atoms with Crippen molar-refractivity contribution in [3.63, 3.8) is 0 Å². The SMILES string of the molecule is C#C[C@H](Br)[C@H]1C[C@@H](OC(C)=O)[C@@H](C[C@@H]2O[C@H]([C@H](Br)CC)C[C@@H]2Br)O1. The Bertz CT molecular complexity index is 481. The highest BCUT2D eigenvalue weighted by atomic mass is 79.9. The summed E-state index contributed by atoms with van der Waals surface area (Å²) in [5, 5.41) is 0. The quantitative estimate of drug-likeness (QED) is 0.296. The summed E-state index contributed by atoms with van der Waals surface area (Å²) in [6.07, 6.45) is 8.29. The van der Waals surface area contributed by atoms with Crippen molar-refractivity contribution in [2.45, 2.75) is 84.5 Å². The first-order valence-electron chi connectivity index (χ1n) is 8.22. The average Bonchev–Trinajstić information content (AvgIpc) is 3.10. The topological polar surface area (TPSA) is 44.8 Å². The molecule has 0 saturated carbocycles. The highest BCUT2D eigenvalue weighted by molar-refractivity contribution is 9.10. The molecule has 2 aliphatic rings. The van der Waals surface area contributed by atoms with E-state index >= 15 is 0 Å². The van der Waals surface area contributed by atoms with Crippen LogP contribution in [0.25, 0.3) is 0 Å². The van der Waals surface area contributed by atoms with Crippen molar-refractivity contribution in [3.05, 3.63) is 0 Å². The molecule has 0 aromatic heterocycles. The van der Waals surface area contributed by atoms with Crippen LogP contribution < -0.4 is 0 Å². The van der Waals surface area contributed by atoms with Crippen LogP contribution in [-0.4, -0.2) is 51.0 Å². The van der Waals surface area contributed by atoms with Gasteiger partial charge in [-0.1, -0.05) is 60.6 Å². The lowest BCUT2D eigenvalue weighted by atomic mass is 10.0. The Labute approximate surface area is 169 Å². The van der Waals surface area contributed by atoms with Crippen LogP contribution in [-0.2, 0) is 19.0 Å². The average molecular weight is 531 g/mol. The van der Waals surface area contributed by atoms with Gasteiger partial charge in [0, 0.05) is 29.4 Å². The predicted molar refractivity (Wildman–Crippen MR) is 104 cm³/mol. The molecule has 2 heterocycles. The molecule has 0 unspecified atom stereocenters. The lowest BCUT2D eigenvalue weighted by Gasteiger charge is -2.24. The largest absolute Gasteiger partial charge is 0.460 e. The van der Waals surface area contributed by atoms with E-state index in [9.17, 15) is 4.79 Å². The van der Waals surface area contributed by atoms with E-state index in [0.29, 0.717) is 17.7 Å². The van der Waals surface area contributed by atoms with Gasteiger partial charge in [-0.15, -0.1) is 6.42 Å². The standard InChI is InChI=1S/C17H23Br3O4/c1-4-10(18)13-6-12(20)15(23-13)8-17-16(22-9(3)21)7-14(24-17)11(19)5-2/h2,10-17H,4,6-8H2,1,3H3/t10-,11+,12+,13+,14-,15+,16-,17-/m1/s1. The summed E-state index contributed by atoms with van der Waals surface area (Å²) in [7, 11) is 0. The maximum absolute atomic E-state index is 11.4. The summed E-state index contributed by atoms with van der Waals surface area (Å²) in [6.45, 7) is 3.56. The van der Waals surface area contributed by atoms with Gasteiger partial charge >= 0.3 is 5.97 Å². The molecule has 2 fully saturated rings. The third kappa shape index (κ3) is 5.20. The second kappa shape index (κ2) is 9.36. The second-order valence-electron chi connectivity index (χ2n) is 6.29. The van der Waals surface area contributed by atoms with E-state index in [1.807, 2.05) is 0 Å². The first-order chi connectivity index (χ1) is 11.3. The number of esters is 1. The minimum atomic E-state index is -0.298. The second-order valence-corrected chi connectivity index (χ2v) is 9.63. The van der Waals surface area contributed by atoms with E-state index in [1.165, 1.54) is 6.92 Å². The first kappa shape index (κ1) is 20.7. The molecule has 4 nitrogen and oxygen atoms in total. The van der Waals surface area contributed by atoms with Gasteiger partial charge in [0.25, 0.3) is 0 Å². The zero-order valence-electron chi connectivity index (χ0n) is 13.8. The Morgan fingerprint density at radius 3 is 2.54 bits per heavy atom. The van der Waals surface area contributed by atoms with E-state index in [-0.39, 0.29) is 46.1 Å². The van der Waals surface area contributed by atoms with Gasteiger partial charge in [0.1, 0.15) is 10.9 Å². The van der Waals surface area contributed by atoms with Gasteiger partial charge in [-0.05, 0) is 12.8 Å². The molecule has 0 bridgehead atoms. The molecule has 0 aromatic carbocycles. The van der Waals surface area contributed by atoms with Crippen LogP contribution in [0.2, 0.25) is 0 Å². The normalized spacial score (nSPS) is 38.5. The Hall–Kier alpha value is 0.390. The Morgan fingerprint density at radius 1 is 1.29 bits per heavy atom. The number of rotatable bonds is 6.